The van der Waals surface area contributed by atoms with Gasteiger partial charge in [-0.25, -0.2) is 4.57 Å². The number of aliphatic hydroxyl groups is 2. The van der Waals surface area contributed by atoms with Crippen LogP contribution in [0.3, 0.4) is 0 Å². The number of amides is 1. The second-order valence-electron chi connectivity index (χ2n) is 19.0. The van der Waals surface area contributed by atoms with Crippen LogP contribution >= 0.6 is 7.82 Å². The van der Waals surface area contributed by atoms with E-state index in [4.69, 9.17) is 14.8 Å². The van der Waals surface area contributed by atoms with E-state index in [0.717, 1.165) is 38.5 Å². The van der Waals surface area contributed by atoms with Gasteiger partial charge in [0.2, 0.25) is 5.91 Å². The van der Waals surface area contributed by atoms with Gasteiger partial charge < -0.3 is 26.2 Å². The maximum atomic E-state index is 12.9. The molecule has 0 spiro atoms. The van der Waals surface area contributed by atoms with Crippen LogP contribution < -0.4 is 11.1 Å². The summed E-state index contributed by atoms with van der Waals surface area (Å²) in [6.45, 7) is 4.11. The lowest BCUT2D eigenvalue weighted by molar-refractivity contribution is -0.125. The predicted octanol–water partition coefficient (Wildman–Crippen LogP) is 15.1. The predicted molar refractivity (Wildman–Crippen MR) is 265 cm³/mol. The maximum Gasteiger partial charge on any atom is 0.472 e. The van der Waals surface area contributed by atoms with Gasteiger partial charge >= 0.3 is 7.82 Å². The van der Waals surface area contributed by atoms with Gasteiger partial charge in [-0.05, 0) is 12.8 Å². The molecular weight excluding hydrogens is 796 g/mol. The number of phosphoric ester groups is 1. The molecule has 0 aromatic carbocycles. The van der Waals surface area contributed by atoms with Gasteiger partial charge in [0.15, 0.2) is 0 Å². The lowest BCUT2D eigenvalue weighted by Gasteiger charge is -2.25. The average molecular weight is 903 g/mol. The highest BCUT2D eigenvalue weighted by molar-refractivity contribution is 7.47. The summed E-state index contributed by atoms with van der Waals surface area (Å²) in [5, 5.41) is 24.4. The van der Waals surface area contributed by atoms with E-state index in [1.165, 1.54) is 218 Å². The molecule has 0 aromatic rings. The summed E-state index contributed by atoms with van der Waals surface area (Å²) in [6.07, 6.45) is 51.6. The van der Waals surface area contributed by atoms with Gasteiger partial charge in [-0.3, -0.25) is 13.8 Å². The van der Waals surface area contributed by atoms with Crippen LogP contribution in [0.1, 0.15) is 290 Å². The summed E-state index contributed by atoms with van der Waals surface area (Å²) in [5.41, 5.74) is 5.40. The Hall–Kier alpha value is -0.540. The summed E-state index contributed by atoms with van der Waals surface area (Å²) < 4.78 is 22.3. The minimum atomic E-state index is -4.38. The fraction of sp³-hybridized carbons (Fsp3) is 0.981. The Bertz CT molecular complexity index is 960. The van der Waals surface area contributed by atoms with Crippen molar-refractivity contribution in [3.63, 3.8) is 0 Å². The molecule has 0 fully saturated rings. The Morgan fingerprint density at radius 3 is 1.08 bits per heavy atom. The smallest absolute Gasteiger partial charge is 0.393 e. The molecule has 372 valence electrons. The minimum Gasteiger partial charge on any atom is -0.393 e. The second-order valence-corrected chi connectivity index (χ2v) is 20.5. The molecule has 0 bridgehead atoms. The number of carbonyl (C=O) groups excluding carboxylic acids is 1. The summed E-state index contributed by atoms with van der Waals surface area (Å²) in [6, 6.07) is -0.892. The number of hydrogen-bond acceptors (Lipinski definition) is 7. The van der Waals surface area contributed by atoms with E-state index in [9.17, 15) is 24.5 Å². The normalized spacial score (nSPS) is 14.2. The molecule has 6 N–H and O–H groups in total. The van der Waals surface area contributed by atoms with Gasteiger partial charge in [-0.2, -0.15) is 0 Å². The Morgan fingerprint density at radius 1 is 0.484 bits per heavy atom. The summed E-state index contributed by atoms with van der Waals surface area (Å²) in [4.78, 5) is 22.9. The van der Waals surface area contributed by atoms with Crippen molar-refractivity contribution in [2.24, 2.45) is 5.73 Å². The van der Waals surface area contributed by atoms with Crippen LogP contribution in [0.2, 0.25) is 0 Å². The van der Waals surface area contributed by atoms with Crippen LogP contribution in [0.5, 0.6) is 0 Å². The third kappa shape index (κ3) is 46.0. The number of unbranched alkanes of at least 4 members (excludes halogenated alkanes) is 38. The lowest BCUT2D eigenvalue weighted by Crippen LogP contribution is -2.47. The van der Waals surface area contributed by atoms with E-state index >= 15 is 0 Å². The Kier molecular flexibility index (Phi) is 48.0. The quantitative estimate of drug-likeness (QED) is 0.0299. The molecule has 0 saturated carbocycles. The van der Waals surface area contributed by atoms with Crippen molar-refractivity contribution in [1.82, 2.24) is 5.32 Å². The maximum absolute atomic E-state index is 12.9. The van der Waals surface area contributed by atoms with E-state index in [1.54, 1.807) is 0 Å². The molecule has 10 heteroatoms. The van der Waals surface area contributed by atoms with Crippen LogP contribution in [0.4, 0.5) is 0 Å². The lowest BCUT2D eigenvalue weighted by atomic mass is 10.0. The van der Waals surface area contributed by atoms with Crippen LogP contribution in [0, 0.1) is 0 Å². The first kappa shape index (κ1) is 61.5. The van der Waals surface area contributed by atoms with Gasteiger partial charge in [0.25, 0.3) is 0 Å². The number of aliphatic hydroxyl groups excluding tert-OH is 2. The van der Waals surface area contributed by atoms with Gasteiger partial charge in [0, 0.05) is 6.54 Å². The molecule has 0 aliphatic heterocycles. The third-order valence-corrected chi connectivity index (χ3v) is 13.7. The molecule has 0 saturated heterocycles. The van der Waals surface area contributed by atoms with E-state index in [0.29, 0.717) is 12.8 Å². The first-order valence-corrected chi connectivity index (χ1v) is 28.7. The fourth-order valence-electron chi connectivity index (χ4n) is 8.66. The first-order chi connectivity index (χ1) is 30.3. The molecule has 9 nitrogen and oxygen atoms in total. The number of rotatable bonds is 52. The van der Waals surface area contributed by atoms with Crippen molar-refractivity contribution in [2.45, 2.75) is 308 Å². The van der Waals surface area contributed by atoms with Crippen molar-refractivity contribution < 1.29 is 33.5 Å². The Labute approximate surface area is 385 Å². The summed E-state index contributed by atoms with van der Waals surface area (Å²) in [7, 11) is -4.38. The molecule has 62 heavy (non-hydrogen) atoms. The molecule has 0 aromatic heterocycles. The summed E-state index contributed by atoms with van der Waals surface area (Å²) >= 11 is 0. The van der Waals surface area contributed by atoms with Crippen molar-refractivity contribution in [3.8, 4) is 0 Å². The molecule has 0 aliphatic carbocycles. The largest absolute Gasteiger partial charge is 0.472 e. The van der Waals surface area contributed by atoms with Crippen LogP contribution in [0.25, 0.3) is 0 Å². The number of nitrogens with two attached hydrogens (primary N) is 1. The molecule has 0 rings (SSSR count). The Balaban J connectivity index is 4.06. The summed E-state index contributed by atoms with van der Waals surface area (Å²) in [5.74, 6) is -0.405. The van der Waals surface area contributed by atoms with E-state index in [2.05, 4.69) is 19.2 Å². The van der Waals surface area contributed by atoms with E-state index in [1.807, 2.05) is 0 Å². The van der Waals surface area contributed by atoms with Crippen molar-refractivity contribution >= 4 is 13.7 Å². The highest BCUT2D eigenvalue weighted by atomic mass is 31.2. The van der Waals surface area contributed by atoms with E-state index < -0.39 is 32.0 Å². The number of phosphoric acid groups is 1. The molecule has 0 radical (unpaired) electrons. The first-order valence-electron chi connectivity index (χ1n) is 27.2. The number of hydrogen-bond donors (Lipinski definition) is 5. The molecule has 1 amide bonds. The average Bonchev–Trinajstić information content (AvgIpc) is 3.25. The van der Waals surface area contributed by atoms with E-state index in [-0.39, 0.29) is 26.2 Å². The minimum absolute atomic E-state index is 0.0630. The van der Waals surface area contributed by atoms with Crippen LogP contribution in [0.15, 0.2) is 0 Å². The monoisotopic (exact) mass is 903 g/mol. The van der Waals surface area contributed by atoms with Gasteiger partial charge in [0.1, 0.15) is 0 Å². The van der Waals surface area contributed by atoms with Crippen LogP contribution in [-0.2, 0) is 18.4 Å². The molecule has 0 aliphatic rings. The van der Waals surface area contributed by atoms with Gasteiger partial charge in [-0.15, -0.1) is 0 Å². The molecular formula is C52H107N2O7P. The zero-order chi connectivity index (χ0) is 45.5. The van der Waals surface area contributed by atoms with Gasteiger partial charge in [0.05, 0.1) is 37.9 Å². The third-order valence-electron chi connectivity index (χ3n) is 12.8. The zero-order valence-electron chi connectivity index (χ0n) is 41.3. The second kappa shape index (κ2) is 48.4. The van der Waals surface area contributed by atoms with Crippen molar-refractivity contribution in [3.05, 3.63) is 0 Å². The zero-order valence-corrected chi connectivity index (χ0v) is 42.2. The molecule has 4 atom stereocenters. The molecule has 4 unspecified atom stereocenters. The highest BCUT2D eigenvalue weighted by Gasteiger charge is 2.28. The van der Waals surface area contributed by atoms with Gasteiger partial charge in [-0.1, -0.05) is 271 Å². The highest BCUT2D eigenvalue weighted by Crippen LogP contribution is 2.43. The SMILES string of the molecule is CCCCCCCCCCCCCCCCCCCCCCCC(O)CC(=O)NC(COP(=O)(O)OCCN)C(O)CCCCCCCCCCCCCCCCCCCCC. The number of carbonyl (C=O) groups is 1. The standard InChI is InChI=1S/C52H107N2O7P/c1-3-5-7-9-11-13-15-17-19-21-23-24-26-27-29-31-33-35-37-39-41-43-49(55)47-52(57)54-50(48-61-62(58,59)60-46-45-53)51(56)44-42-40-38-36-34-32-30-28-25-22-20-18-16-14-12-10-8-6-4-2/h49-51,55-56H,3-48,53H2,1-2H3,(H,54,57)(H,58,59). The fourth-order valence-corrected chi connectivity index (χ4v) is 9.42. The Morgan fingerprint density at radius 2 is 0.774 bits per heavy atom. The molecule has 0 heterocycles. The van der Waals surface area contributed by atoms with Crippen LogP contribution in [-0.4, -0.2) is 59.0 Å². The number of nitrogens with one attached hydrogen (secondary N) is 1. The van der Waals surface area contributed by atoms with Crippen molar-refractivity contribution in [1.29, 1.82) is 0 Å². The topological polar surface area (TPSA) is 151 Å². The van der Waals surface area contributed by atoms with Crippen molar-refractivity contribution in [2.75, 3.05) is 19.8 Å².